The fraction of sp³-hybridized carbons (Fsp3) is 0.214. The molecule has 0 saturated heterocycles. The molecule has 1 aromatic heterocycles. The number of hydrogen-bond donors (Lipinski definition) is 1. The third kappa shape index (κ3) is 2.51. The average Bonchev–Trinajstić information content (AvgIpc) is 2.86. The van der Waals surface area contributed by atoms with Gasteiger partial charge in [0.2, 0.25) is 0 Å². The van der Waals surface area contributed by atoms with E-state index in [2.05, 4.69) is 10.4 Å². The monoisotopic (exact) mass is 284 g/mol. The fourth-order valence-electron chi connectivity index (χ4n) is 2.03. The lowest BCUT2D eigenvalue weighted by Crippen LogP contribution is -2.17. The molecule has 2 heterocycles. The van der Waals surface area contributed by atoms with E-state index in [-0.39, 0.29) is 11.7 Å². The first-order valence-electron chi connectivity index (χ1n) is 6.32. The number of fused-ring (bicyclic) bond motifs is 1. The van der Waals surface area contributed by atoms with Gasteiger partial charge in [-0.25, -0.2) is 0 Å². The molecule has 2 aromatic rings. The zero-order valence-electron chi connectivity index (χ0n) is 11.3. The van der Waals surface area contributed by atoms with E-state index in [1.54, 1.807) is 31.4 Å². The van der Waals surface area contributed by atoms with Gasteiger partial charge in [0, 0.05) is 18.8 Å². The molecule has 0 fully saturated rings. The Kier molecular flexibility index (Phi) is 3.20. The number of nitrogens with one attached hydrogen (secondary N) is 1. The SMILES string of the molecule is Cn1cc(C#N)c(NC(=O)c2ccc3c(c2)OCCO3)n1. The van der Waals surface area contributed by atoms with E-state index in [9.17, 15) is 4.79 Å². The number of carbonyl (C=O) groups excluding carboxylic acids is 1. The van der Waals surface area contributed by atoms with Crippen LogP contribution in [0.2, 0.25) is 0 Å². The predicted octanol–water partition coefficient (Wildman–Crippen LogP) is 1.32. The van der Waals surface area contributed by atoms with Crippen LogP contribution in [-0.2, 0) is 7.05 Å². The van der Waals surface area contributed by atoms with Gasteiger partial charge < -0.3 is 14.8 Å². The summed E-state index contributed by atoms with van der Waals surface area (Å²) in [6.45, 7) is 0.953. The summed E-state index contributed by atoms with van der Waals surface area (Å²) in [6.07, 6.45) is 1.54. The molecule has 7 heteroatoms. The van der Waals surface area contributed by atoms with Crippen LogP contribution in [0.5, 0.6) is 11.5 Å². The smallest absolute Gasteiger partial charge is 0.257 e. The summed E-state index contributed by atoms with van der Waals surface area (Å²) in [5.41, 5.74) is 0.720. The van der Waals surface area contributed by atoms with Gasteiger partial charge in [-0.15, -0.1) is 0 Å². The Balaban J connectivity index is 1.84. The number of nitrogens with zero attached hydrogens (tertiary/aromatic N) is 3. The molecule has 0 bridgehead atoms. The van der Waals surface area contributed by atoms with Crippen molar-refractivity contribution >= 4 is 11.7 Å². The summed E-state index contributed by atoms with van der Waals surface area (Å²) in [6, 6.07) is 6.91. The number of amides is 1. The highest BCUT2D eigenvalue weighted by Crippen LogP contribution is 2.31. The maximum atomic E-state index is 12.2. The van der Waals surface area contributed by atoms with Crippen LogP contribution < -0.4 is 14.8 Å². The molecule has 0 unspecified atom stereocenters. The number of hydrogen-bond acceptors (Lipinski definition) is 5. The first-order chi connectivity index (χ1) is 10.2. The van der Waals surface area contributed by atoms with Crippen LogP contribution in [0.4, 0.5) is 5.82 Å². The maximum absolute atomic E-state index is 12.2. The molecule has 1 aromatic carbocycles. The van der Waals surface area contributed by atoms with Crippen LogP contribution in [0, 0.1) is 11.3 Å². The Morgan fingerprint density at radius 3 is 2.90 bits per heavy atom. The topological polar surface area (TPSA) is 89.2 Å². The summed E-state index contributed by atoms with van der Waals surface area (Å²) >= 11 is 0. The molecule has 0 radical (unpaired) electrons. The van der Waals surface area contributed by atoms with Gasteiger partial charge in [-0.2, -0.15) is 10.4 Å². The summed E-state index contributed by atoms with van der Waals surface area (Å²) in [7, 11) is 1.68. The molecule has 1 N–H and O–H groups in total. The maximum Gasteiger partial charge on any atom is 0.257 e. The molecule has 1 amide bonds. The van der Waals surface area contributed by atoms with Crippen LogP contribution >= 0.6 is 0 Å². The number of anilines is 1. The molecule has 106 valence electrons. The molecule has 21 heavy (non-hydrogen) atoms. The highest BCUT2D eigenvalue weighted by molar-refractivity contribution is 6.04. The van der Waals surface area contributed by atoms with Gasteiger partial charge in [0.25, 0.3) is 5.91 Å². The van der Waals surface area contributed by atoms with Crippen LogP contribution in [-0.4, -0.2) is 28.9 Å². The Labute approximate surface area is 120 Å². The van der Waals surface area contributed by atoms with Crippen LogP contribution in [0.1, 0.15) is 15.9 Å². The molecule has 1 aliphatic rings. The summed E-state index contributed by atoms with van der Waals surface area (Å²) in [4.78, 5) is 12.2. The average molecular weight is 284 g/mol. The van der Waals surface area contributed by atoms with Crippen molar-refractivity contribution in [1.82, 2.24) is 9.78 Å². The van der Waals surface area contributed by atoms with E-state index in [4.69, 9.17) is 14.7 Å². The second kappa shape index (κ2) is 5.17. The van der Waals surface area contributed by atoms with Crippen molar-refractivity contribution in [2.45, 2.75) is 0 Å². The first kappa shape index (κ1) is 13.0. The lowest BCUT2D eigenvalue weighted by Gasteiger charge is -2.18. The number of carbonyl (C=O) groups is 1. The van der Waals surface area contributed by atoms with E-state index >= 15 is 0 Å². The zero-order valence-corrected chi connectivity index (χ0v) is 11.3. The highest BCUT2D eigenvalue weighted by atomic mass is 16.6. The van der Waals surface area contributed by atoms with Gasteiger partial charge >= 0.3 is 0 Å². The van der Waals surface area contributed by atoms with Crippen molar-refractivity contribution in [2.24, 2.45) is 7.05 Å². The molecule has 0 atom stereocenters. The summed E-state index contributed by atoms with van der Waals surface area (Å²) in [5, 5.41) is 15.6. The Bertz CT molecular complexity index is 745. The summed E-state index contributed by atoms with van der Waals surface area (Å²) < 4.78 is 12.3. The van der Waals surface area contributed by atoms with Crippen molar-refractivity contribution in [1.29, 1.82) is 5.26 Å². The van der Waals surface area contributed by atoms with Gasteiger partial charge in [0.15, 0.2) is 17.3 Å². The van der Waals surface area contributed by atoms with Crippen molar-refractivity contribution in [3.05, 3.63) is 35.5 Å². The van der Waals surface area contributed by atoms with Crippen molar-refractivity contribution in [2.75, 3.05) is 18.5 Å². The molecule has 3 rings (SSSR count). The lowest BCUT2D eigenvalue weighted by atomic mass is 10.2. The van der Waals surface area contributed by atoms with Gasteiger partial charge in [-0.1, -0.05) is 0 Å². The Morgan fingerprint density at radius 1 is 1.38 bits per heavy atom. The van der Waals surface area contributed by atoms with Crippen molar-refractivity contribution < 1.29 is 14.3 Å². The molecule has 0 spiro atoms. The van der Waals surface area contributed by atoms with Gasteiger partial charge in [0.05, 0.1) is 0 Å². The zero-order chi connectivity index (χ0) is 14.8. The molecular formula is C14H12N4O3. The molecule has 0 aliphatic carbocycles. The number of nitriles is 1. The minimum Gasteiger partial charge on any atom is -0.486 e. The van der Waals surface area contributed by atoms with Gasteiger partial charge in [-0.05, 0) is 18.2 Å². The summed E-state index contributed by atoms with van der Waals surface area (Å²) in [5.74, 6) is 1.03. The largest absolute Gasteiger partial charge is 0.486 e. The van der Waals surface area contributed by atoms with Crippen LogP contribution in [0.15, 0.2) is 24.4 Å². The van der Waals surface area contributed by atoms with E-state index in [0.29, 0.717) is 35.8 Å². The van der Waals surface area contributed by atoms with Crippen molar-refractivity contribution in [3.63, 3.8) is 0 Å². The second-order valence-corrected chi connectivity index (χ2v) is 4.49. The molecular weight excluding hydrogens is 272 g/mol. The first-order valence-corrected chi connectivity index (χ1v) is 6.32. The van der Waals surface area contributed by atoms with Gasteiger partial charge in [0.1, 0.15) is 24.8 Å². The molecule has 1 aliphatic heterocycles. The number of benzene rings is 1. The Morgan fingerprint density at radius 2 is 2.14 bits per heavy atom. The quantitative estimate of drug-likeness (QED) is 0.898. The van der Waals surface area contributed by atoms with E-state index in [1.165, 1.54) is 4.68 Å². The van der Waals surface area contributed by atoms with E-state index in [0.717, 1.165) is 0 Å². The second-order valence-electron chi connectivity index (χ2n) is 4.49. The molecule has 7 nitrogen and oxygen atoms in total. The van der Waals surface area contributed by atoms with E-state index < -0.39 is 0 Å². The minimum atomic E-state index is -0.359. The van der Waals surface area contributed by atoms with E-state index in [1.807, 2.05) is 6.07 Å². The number of aryl methyl sites for hydroxylation is 1. The highest BCUT2D eigenvalue weighted by Gasteiger charge is 2.17. The Hall–Kier alpha value is -3.01. The third-order valence-electron chi connectivity index (χ3n) is 2.99. The van der Waals surface area contributed by atoms with Crippen molar-refractivity contribution in [3.8, 4) is 17.6 Å². The standard InChI is InChI=1S/C14H12N4O3/c1-18-8-10(7-15)13(17-18)16-14(19)9-2-3-11-12(6-9)21-5-4-20-11/h2-3,6,8H,4-5H2,1H3,(H,16,17,19). The molecule has 0 saturated carbocycles. The lowest BCUT2D eigenvalue weighted by molar-refractivity contribution is 0.102. The normalized spacial score (nSPS) is 12.6. The fourth-order valence-corrected chi connectivity index (χ4v) is 2.03. The number of ether oxygens (including phenoxy) is 2. The van der Waals surface area contributed by atoms with Crippen LogP contribution in [0.25, 0.3) is 0 Å². The number of aromatic nitrogens is 2. The van der Waals surface area contributed by atoms with Gasteiger partial charge in [-0.3, -0.25) is 9.48 Å². The third-order valence-corrected chi connectivity index (χ3v) is 2.99. The van der Waals surface area contributed by atoms with Crippen LogP contribution in [0.3, 0.4) is 0 Å². The number of rotatable bonds is 2. The minimum absolute atomic E-state index is 0.236. The predicted molar refractivity (Wildman–Crippen MR) is 73.3 cm³/mol.